The van der Waals surface area contributed by atoms with Gasteiger partial charge in [0.15, 0.2) is 0 Å². The number of esters is 1. The molecule has 0 bridgehead atoms. The summed E-state index contributed by atoms with van der Waals surface area (Å²) in [6.45, 7) is 10.3. The number of hydrogen-bond donors (Lipinski definition) is 0. The molecule has 1 aromatic rings. The van der Waals surface area contributed by atoms with Crippen molar-refractivity contribution in [1.82, 2.24) is 4.90 Å². The van der Waals surface area contributed by atoms with Gasteiger partial charge >= 0.3 is 5.97 Å². The van der Waals surface area contributed by atoms with Crippen molar-refractivity contribution in [3.8, 4) is 0 Å². The second kappa shape index (κ2) is 7.43. The lowest BCUT2D eigenvalue weighted by atomic mass is 9.93. The van der Waals surface area contributed by atoms with Gasteiger partial charge in [-0.05, 0) is 12.5 Å². The summed E-state index contributed by atoms with van der Waals surface area (Å²) < 4.78 is 4.77. The van der Waals surface area contributed by atoms with Crippen LogP contribution in [0.5, 0.6) is 0 Å². The fraction of sp³-hybridized carbons (Fsp3) is 0.556. The highest BCUT2D eigenvalue weighted by Gasteiger charge is 2.29. The average molecular weight is 305 g/mol. The molecule has 0 spiro atoms. The molecule has 0 aliphatic rings. The van der Waals surface area contributed by atoms with E-state index in [1.54, 1.807) is 11.8 Å². The van der Waals surface area contributed by atoms with Crippen LogP contribution in [-0.2, 0) is 20.9 Å². The second-order valence-electron chi connectivity index (χ2n) is 6.85. The fourth-order valence-electron chi connectivity index (χ4n) is 2.21. The Bertz CT molecular complexity index is 514. The van der Waals surface area contributed by atoms with Crippen LogP contribution in [0.25, 0.3) is 0 Å². The normalized spacial score (nSPS) is 12.6. The Morgan fingerprint density at radius 3 is 2.18 bits per heavy atom. The van der Waals surface area contributed by atoms with Crippen molar-refractivity contribution in [2.45, 2.75) is 41.2 Å². The molecular weight excluding hydrogens is 278 g/mol. The maximum absolute atomic E-state index is 12.7. The smallest absolute Gasteiger partial charge is 0.310 e. The van der Waals surface area contributed by atoms with Crippen LogP contribution < -0.4 is 0 Å². The lowest BCUT2D eigenvalue weighted by Crippen LogP contribution is -2.42. The van der Waals surface area contributed by atoms with E-state index in [2.05, 4.69) is 0 Å². The van der Waals surface area contributed by atoms with Gasteiger partial charge in [-0.1, -0.05) is 57.5 Å². The number of nitrogens with zero attached hydrogens (tertiary/aromatic N) is 1. The predicted octanol–water partition coefficient (Wildman–Crippen LogP) is 3.18. The summed E-state index contributed by atoms with van der Waals surface area (Å²) in [5.41, 5.74) is 1.75. The van der Waals surface area contributed by atoms with Gasteiger partial charge in [-0.25, -0.2) is 0 Å². The third-order valence-corrected chi connectivity index (χ3v) is 3.52. The Kier molecular flexibility index (Phi) is 6.15. The molecule has 4 nitrogen and oxygen atoms in total. The molecule has 0 aromatic heterocycles. The largest absolute Gasteiger partial charge is 0.469 e. The third kappa shape index (κ3) is 5.17. The van der Waals surface area contributed by atoms with E-state index in [4.69, 9.17) is 4.74 Å². The minimum atomic E-state index is -0.486. The first-order valence-electron chi connectivity index (χ1n) is 7.58. The predicted molar refractivity (Wildman–Crippen MR) is 87.2 cm³/mol. The number of benzene rings is 1. The number of aryl methyl sites for hydroxylation is 1. The molecular formula is C18H27NO3. The monoisotopic (exact) mass is 305 g/mol. The summed E-state index contributed by atoms with van der Waals surface area (Å²) in [6, 6.07) is 8.08. The van der Waals surface area contributed by atoms with Crippen molar-refractivity contribution in [3.05, 3.63) is 35.4 Å². The van der Waals surface area contributed by atoms with Crippen LogP contribution >= 0.6 is 0 Å². The number of methoxy groups -OCH3 is 1. The molecule has 0 aliphatic heterocycles. The highest BCUT2D eigenvalue weighted by molar-refractivity contribution is 5.82. The van der Waals surface area contributed by atoms with Crippen molar-refractivity contribution in [2.24, 2.45) is 11.3 Å². The van der Waals surface area contributed by atoms with Gasteiger partial charge in [0.1, 0.15) is 0 Å². The second-order valence-corrected chi connectivity index (χ2v) is 6.85. The van der Waals surface area contributed by atoms with Gasteiger partial charge in [-0.3, -0.25) is 9.59 Å². The lowest BCUT2D eigenvalue weighted by molar-refractivity contribution is -0.148. The van der Waals surface area contributed by atoms with Crippen molar-refractivity contribution in [3.63, 3.8) is 0 Å². The van der Waals surface area contributed by atoms with Crippen LogP contribution in [0.3, 0.4) is 0 Å². The van der Waals surface area contributed by atoms with Crippen LogP contribution in [-0.4, -0.2) is 30.4 Å². The van der Waals surface area contributed by atoms with Crippen LogP contribution in [0.1, 0.15) is 38.8 Å². The molecule has 0 saturated carbocycles. The molecule has 0 N–H and O–H groups in total. The molecule has 0 saturated heterocycles. The third-order valence-electron chi connectivity index (χ3n) is 3.52. The van der Waals surface area contributed by atoms with Crippen molar-refractivity contribution >= 4 is 11.9 Å². The van der Waals surface area contributed by atoms with E-state index in [0.717, 1.165) is 5.56 Å². The highest BCUT2D eigenvalue weighted by Crippen LogP contribution is 2.21. The zero-order valence-electron chi connectivity index (χ0n) is 14.5. The van der Waals surface area contributed by atoms with Gasteiger partial charge in [0.05, 0.1) is 13.0 Å². The molecule has 0 fully saturated rings. The summed E-state index contributed by atoms with van der Waals surface area (Å²) in [5.74, 6) is -0.610. The van der Waals surface area contributed by atoms with E-state index >= 15 is 0 Å². The Labute approximate surface area is 133 Å². The zero-order valence-corrected chi connectivity index (χ0v) is 14.5. The van der Waals surface area contributed by atoms with E-state index in [-0.39, 0.29) is 17.8 Å². The van der Waals surface area contributed by atoms with Gasteiger partial charge in [0, 0.05) is 18.5 Å². The first-order valence-corrected chi connectivity index (χ1v) is 7.58. The summed E-state index contributed by atoms with van der Waals surface area (Å²) in [4.78, 5) is 26.1. The number of carbonyl (C=O) groups excluding carboxylic acids is 2. The van der Waals surface area contributed by atoms with E-state index in [1.165, 1.54) is 12.7 Å². The molecule has 122 valence electrons. The Balaban J connectivity index is 2.93. The molecule has 1 atom stereocenters. The van der Waals surface area contributed by atoms with Crippen LogP contribution in [0.4, 0.5) is 0 Å². The number of hydrogen-bond acceptors (Lipinski definition) is 3. The number of amides is 1. The van der Waals surface area contributed by atoms with Crippen molar-refractivity contribution in [2.75, 3.05) is 13.7 Å². The highest BCUT2D eigenvalue weighted by atomic mass is 16.5. The number of carbonyl (C=O) groups is 2. The maximum Gasteiger partial charge on any atom is 0.310 e. The van der Waals surface area contributed by atoms with E-state index in [9.17, 15) is 9.59 Å². The zero-order chi connectivity index (χ0) is 16.9. The summed E-state index contributed by atoms with van der Waals surface area (Å²) in [7, 11) is 1.37. The van der Waals surface area contributed by atoms with Gasteiger partial charge < -0.3 is 9.64 Å². The Morgan fingerprint density at radius 1 is 1.18 bits per heavy atom. The van der Waals surface area contributed by atoms with E-state index in [1.807, 2.05) is 52.0 Å². The molecule has 4 heteroatoms. The van der Waals surface area contributed by atoms with Gasteiger partial charge in [0.25, 0.3) is 0 Å². The molecule has 1 rings (SSSR count). The first kappa shape index (κ1) is 18.2. The van der Waals surface area contributed by atoms with Gasteiger partial charge in [-0.2, -0.15) is 0 Å². The minimum Gasteiger partial charge on any atom is -0.469 e. The van der Waals surface area contributed by atoms with E-state index < -0.39 is 5.41 Å². The van der Waals surface area contributed by atoms with Crippen LogP contribution in [0.15, 0.2) is 24.3 Å². The minimum absolute atomic E-state index is 0.0313. The lowest BCUT2D eigenvalue weighted by Gasteiger charge is -2.31. The van der Waals surface area contributed by atoms with Gasteiger partial charge in [0.2, 0.25) is 5.91 Å². The SMILES string of the molecule is COC(=O)C(C)CN(Cc1ccc(C)cc1)C(=O)C(C)(C)C. The summed E-state index contributed by atoms with van der Waals surface area (Å²) in [6.07, 6.45) is 0. The maximum atomic E-state index is 12.7. The molecule has 1 aromatic carbocycles. The number of rotatable bonds is 5. The quantitative estimate of drug-likeness (QED) is 0.785. The van der Waals surface area contributed by atoms with Crippen LogP contribution in [0.2, 0.25) is 0 Å². The average Bonchev–Trinajstić information content (AvgIpc) is 2.46. The summed E-state index contributed by atoms with van der Waals surface area (Å²) >= 11 is 0. The van der Waals surface area contributed by atoms with Crippen molar-refractivity contribution in [1.29, 1.82) is 0 Å². The standard InChI is InChI=1S/C18H27NO3/c1-13-7-9-15(10-8-13)12-19(17(21)18(3,4)5)11-14(2)16(20)22-6/h7-10,14H,11-12H2,1-6H3. The molecule has 1 amide bonds. The summed E-state index contributed by atoms with van der Waals surface area (Å²) in [5, 5.41) is 0. The number of ether oxygens (including phenoxy) is 1. The van der Waals surface area contributed by atoms with Crippen molar-refractivity contribution < 1.29 is 14.3 Å². The Hall–Kier alpha value is -1.84. The fourth-order valence-corrected chi connectivity index (χ4v) is 2.21. The topological polar surface area (TPSA) is 46.6 Å². The molecule has 0 radical (unpaired) electrons. The molecule has 22 heavy (non-hydrogen) atoms. The molecule has 1 unspecified atom stereocenters. The van der Waals surface area contributed by atoms with Gasteiger partial charge in [-0.15, -0.1) is 0 Å². The molecule has 0 heterocycles. The molecule has 0 aliphatic carbocycles. The Morgan fingerprint density at radius 2 is 1.73 bits per heavy atom. The van der Waals surface area contributed by atoms with E-state index in [0.29, 0.717) is 13.1 Å². The van der Waals surface area contributed by atoms with Crippen LogP contribution in [0, 0.1) is 18.3 Å². The first-order chi connectivity index (χ1) is 10.1.